The van der Waals surface area contributed by atoms with Gasteiger partial charge in [-0.05, 0) is 43.5 Å². The number of aliphatic hydroxyl groups is 1. The molecule has 1 aliphatic heterocycles. The minimum absolute atomic E-state index is 0.217. The molecule has 1 aromatic rings. The van der Waals surface area contributed by atoms with Crippen LogP contribution in [0.15, 0.2) is 29.8 Å². The second-order valence-electron chi connectivity index (χ2n) is 5.41. The predicted octanol–water partition coefficient (Wildman–Crippen LogP) is 3.35. The van der Waals surface area contributed by atoms with Crippen molar-refractivity contribution in [2.24, 2.45) is 0 Å². The minimum Gasteiger partial charge on any atom is -0.394 e. The van der Waals surface area contributed by atoms with Crippen LogP contribution in [0.5, 0.6) is 0 Å². The summed E-state index contributed by atoms with van der Waals surface area (Å²) in [6, 6.07) is 10.6. The second-order valence-corrected chi connectivity index (χ2v) is 5.41. The highest BCUT2D eigenvalue weighted by Gasteiger charge is 2.20. The molecule has 1 N–H and O–H groups in total. The van der Waals surface area contributed by atoms with E-state index < -0.39 is 0 Å². The summed E-state index contributed by atoms with van der Waals surface area (Å²) in [5.74, 6) is 0. The normalized spacial score (nSPS) is 20.4. The van der Waals surface area contributed by atoms with Crippen LogP contribution in [-0.4, -0.2) is 24.3 Å². The predicted molar refractivity (Wildman–Crippen MR) is 82.4 cm³/mol. The smallest absolute Gasteiger partial charge is 0.0944 e. The molecule has 1 atom stereocenters. The summed E-state index contributed by atoms with van der Waals surface area (Å²) in [7, 11) is 0. The Morgan fingerprint density at radius 3 is 2.75 bits per heavy atom. The molecule has 3 nitrogen and oxygen atoms in total. The number of hydrogen-bond donors (Lipinski definition) is 1. The lowest BCUT2D eigenvalue weighted by molar-refractivity contribution is 0.255. The number of nitriles is 1. The van der Waals surface area contributed by atoms with Crippen LogP contribution in [0.1, 0.15) is 38.2 Å². The number of nitrogens with zero attached hydrogens (tertiary/aromatic N) is 2. The molecule has 1 heterocycles. The van der Waals surface area contributed by atoms with Crippen LogP contribution in [0.2, 0.25) is 0 Å². The van der Waals surface area contributed by atoms with Gasteiger partial charge in [-0.25, -0.2) is 0 Å². The molecule has 1 saturated heterocycles. The molecule has 0 spiro atoms. The van der Waals surface area contributed by atoms with Crippen LogP contribution < -0.4 is 4.90 Å². The largest absolute Gasteiger partial charge is 0.394 e. The van der Waals surface area contributed by atoms with Crippen molar-refractivity contribution in [3.8, 4) is 6.07 Å². The fourth-order valence-corrected chi connectivity index (χ4v) is 2.75. The lowest BCUT2D eigenvalue weighted by Crippen LogP contribution is -2.37. The molecule has 0 amide bonds. The van der Waals surface area contributed by atoms with Crippen molar-refractivity contribution in [1.29, 1.82) is 5.26 Å². The van der Waals surface area contributed by atoms with E-state index in [2.05, 4.69) is 23.1 Å². The summed E-state index contributed by atoms with van der Waals surface area (Å²) < 4.78 is 0. The first-order valence-corrected chi connectivity index (χ1v) is 7.30. The highest BCUT2D eigenvalue weighted by Crippen LogP contribution is 2.24. The van der Waals surface area contributed by atoms with Crippen LogP contribution in [-0.2, 0) is 0 Å². The van der Waals surface area contributed by atoms with Gasteiger partial charge < -0.3 is 10.0 Å². The molecule has 1 unspecified atom stereocenters. The van der Waals surface area contributed by atoms with Gasteiger partial charge in [0.15, 0.2) is 0 Å². The zero-order valence-electron chi connectivity index (χ0n) is 12.0. The van der Waals surface area contributed by atoms with Crippen molar-refractivity contribution in [2.45, 2.75) is 38.6 Å². The quantitative estimate of drug-likeness (QED) is 0.857. The van der Waals surface area contributed by atoms with Crippen molar-refractivity contribution in [3.05, 3.63) is 35.4 Å². The van der Waals surface area contributed by atoms with E-state index in [9.17, 15) is 5.11 Å². The summed E-state index contributed by atoms with van der Waals surface area (Å²) in [5, 5.41) is 18.4. The highest BCUT2D eigenvalue weighted by atomic mass is 16.3. The lowest BCUT2D eigenvalue weighted by Gasteiger charge is -2.30. The molecular weight excluding hydrogens is 248 g/mol. The van der Waals surface area contributed by atoms with Crippen molar-refractivity contribution < 1.29 is 5.11 Å². The van der Waals surface area contributed by atoms with Gasteiger partial charge in [0.2, 0.25) is 0 Å². The number of benzene rings is 1. The summed E-state index contributed by atoms with van der Waals surface area (Å²) in [6.45, 7) is 3.04. The Kier molecular flexibility index (Phi) is 5.20. The number of rotatable bonds is 3. The fourth-order valence-electron chi connectivity index (χ4n) is 2.75. The van der Waals surface area contributed by atoms with Gasteiger partial charge in [0, 0.05) is 17.8 Å². The third-order valence-electron chi connectivity index (χ3n) is 3.87. The zero-order chi connectivity index (χ0) is 14.4. The number of anilines is 1. The topological polar surface area (TPSA) is 47.3 Å². The van der Waals surface area contributed by atoms with Crippen molar-refractivity contribution in [2.75, 3.05) is 18.1 Å². The molecule has 106 valence electrons. The molecule has 0 aromatic heterocycles. The molecule has 1 aromatic carbocycles. The van der Waals surface area contributed by atoms with Gasteiger partial charge in [0.05, 0.1) is 18.7 Å². The molecule has 1 aliphatic rings. The third-order valence-corrected chi connectivity index (χ3v) is 3.87. The summed E-state index contributed by atoms with van der Waals surface area (Å²) in [6.07, 6.45) is 6.58. The van der Waals surface area contributed by atoms with Crippen LogP contribution in [0.3, 0.4) is 0 Å². The molecule has 0 radical (unpaired) electrons. The first kappa shape index (κ1) is 14.6. The van der Waals surface area contributed by atoms with Gasteiger partial charge in [-0.1, -0.05) is 25.0 Å². The van der Waals surface area contributed by atoms with E-state index in [4.69, 9.17) is 5.26 Å². The lowest BCUT2D eigenvalue weighted by atomic mass is 10.1. The minimum atomic E-state index is 0.217. The maximum Gasteiger partial charge on any atom is 0.0944 e. The van der Waals surface area contributed by atoms with E-state index in [1.54, 1.807) is 0 Å². The van der Waals surface area contributed by atoms with Gasteiger partial charge in [0.25, 0.3) is 0 Å². The molecule has 1 fully saturated rings. The Balaban J connectivity index is 2.17. The van der Waals surface area contributed by atoms with Gasteiger partial charge >= 0.3 is 0 Å². The molecule has 3 heteroatoms. The van der Waals surface area contributed by atoms with Crippen molar-refractivity contribution in [3.63, 3.8) is 0 Å². The first-order chi connectivity index (χ1) is 9.74. The summed E-state index contributed by atoms with van der Waals surface area (Å²) in [5.41, 5.74) is 2.92. The van der Waals surface area contributed by atoms with Crippen molar-refractivity contribution in [1.82, 2.24) is 0 Å². The van der Waals surface area contributed by atoms with E-state index >= 15 is 0 Å². The molecule has 0 aliphatic carbocycles. The van der Waals surface area contributed by atoms with Crippen LogP contribution in [0.25, 0.3) is 6.08 Å². The van der Waals surface area contributed by atoms with E-state index in [0.717, 1.165) is 24.2 Å². The average Bonchev–Trinajstić information content (AvgIpc) is 2.73. The summed E-state index contributed by atoms with van der Waals surface area (Å²) in [4.78, 5) is 2.32. The monoisotopic (exact) mass is 270 g/mol. The third kappa shape index (κ3) is 3.61. The van der Waals surface area contributed by atoms with Gasteiger partial charge in [-0.3, -0.25) is 0 Å². The number of allylic oxidation sites excluding steroid dienone is 1. The van der Waals surface area contributed by atoms with Gasteiger partial charge in [-0.15, -0.1) is 0 Å². The van der Waals surface area contributed by atoms with E-state index in [1.165, 1.54) is 19.3 Å². The van der Waals surface area contributed by atoms with Crippen LogP contribution in [0.4, 0.5) is 5.69 Å². The first-order valence-electron chi connectivity index (χ1n) is 7.30. The Hall–Kier alpha value is -1.79. The van der Waals surface area contributed by atoms with Gasteiger partial charge in [-0.2, -0.15) is 5.26 Å². The van der Waals surface area contributed by atoms with E-state index in [0.29, 0.717) is 5.57 Å². The van der Waals surface area contributed by atoms with E-state index in [-0.39, 0.29) is 12.6 Å². The standard InChI is InChI=1S/C17H22N2O/c1-14(12-18)11-15-6-8-16(9-7-15)19-10-4-2-3-5-17(19)13-20/h6-9,11,17,20H,2-5,10,13H2,1H3/b14-11-. The molecule has 2 rings (SSSR count). The zero-order valence-corrected chi connectivity index (χ0v) is 12.0. The highest BCUT2D eigenvalue weighted by molar-refractivity contribution is 5.60. The number of aliphatic hydroxyl groups excluding tert-OH is 1. The van der Waals surface area contributed by atoms with Crippen molar-refractivity contribution >= 4 is 11.8 Å². The van der Waals surface area contributed by atoms with Crippen LogP contribution >= 0.6 is 0 Å². The van der Waals surface area contributed by atoms with Gasteiger partial charge in [0.1, 0.15) is 0 Å². The SMILES string of the molecule is C/C(C#N)=C/c1ccc(N2CCCCCC2CO)cc1. The Morgan fingerprint density at radius 2 is 2.10 bits per heavy atom. The Bertz CT molecular complexity index is 499. The average molecular weight is 270 g/mol. The Labute approximate surface area is 121 Å². The number of hydrogen-bond acceptors (Lipinski definition) is 3. The Morgan fingerprint density at radius 1 is 1.35 bits per heavy atom. The molecule has 0 saturated carbocycles. The molecule has 0 bridgehead atoms. The maximum atomic E-state index is 9.57. The fraction of sp³-hybridized carbons (Fsp3) is 0.471. The second kappa shape index (κ2) is 7.12. The van der Waals surface area contributed by atoms with Crippen LogP contribution in [0, 0.1) is 11.3 Å². The molecule has 20 heavy (non-hydrogen) atoms. The molecular formula is C17H22N2O. The summed E-state index contributed by atoms with van der Waals surface area (Å²) >= 11 is 0. The maximum absolute atomic E-state index is 9.57. The van der Waals surface area contributed by atoms with E-state index in [1.807, 2.05) is 25.1 Å².